The van der Waals surface area contributed by atoms with Crippen LogP contribution in [0.5, 0.6) is 0 Å². The second-order valence-corrected chi connectivity index (χ2v) is 4.19. The number of nitrogens with one attached hydrogen (secondary N) is 1. The zero-order valence-corrected chi connectivity index (χ0v) is 9.81. The van der Waals surface area contributed by atoms with Gasteiger partial charge < -0.3 is 11.1 Å². The van der Waals surface area contributed by atoms with E-state index >= 15 is 0 Å². The highest BCUT2D eigenvalue weighted by molar-refractivity contribution is 5.78. The van der Waals surface area contributed by atoms with E-state index in [1.165, 1.54) is 0 Å². The number of carbonyl (C=O) groups is 1. The van der Waals surface area contributed by atoms with Crippen molar-refractivity contribution in [2.24, 2.45) is 11.7 Å². The maximum Gasteiger partial charge on any atom is 0.224 e. The molecule has 1 rings (SSSR count). The summed E-state index contributed by atoms with van der Waals surface area (Å²) < 4.78 is 0. The topological polar surface area (TPSA) is 68.0 Å². The molecule has 4 heteroatoms. The van der Waals surface area contributed by atoms with Crippen molar-refractivity contribution in [2.75, 3.05) is 6.54 Å². The van der Waals surface area contributed by atoms with Gasteiger partial charge in [-0.1, -0.05) is 19.9 Å². The maximum atomic E-state index is 11.7. The van der Waals surface area contributed by atoms with Crippen molar-refractivity contribution in [3.05, 3.63) is 30.1 Å². The molecule has 0 aliphatic carbocycles. The lowest BCUT2D eigenvalue weighted by molar-refractivity contribution is -0.121. The Morgan fingerprint density at radius 1 is 1.56 bits per heavy atom. The molecule has 0 aliphatic heterocycles. The molecule has 0 aliphatic rings. The Labute approximate surface area is 96.3 Å². The quantitative estimate of drug-likeness (QED) is 0.770. The highest BCUT2D eigenvalue weighted by Crippen LogP contribution is 2.01. The number of aromatic nitrogens is 1. The molecular weight excluding hydrogens is 202 g/mol. The SMILES string of the molecule is CC(C)C(CN)NC(=O)Cc1cccnc1. The van der Waals surface area contributed by atoms with Gasteiger partial charge in [0.05, 0.1) is 6.42 Å². The Bertz CT molecular complexity index is 324. The van der Waals surface area contributed by atoms with Crippen LogP contribution >= 0.6 is 0 Å². The van der Waals surface area contributed by atoms with Crippen LogP contribution in [0.15, 0.2) is 24.5 Å². The van der Waals surface area contributed by atoms with Crippen molar-refractivity contribution in [1.29, 1.82) is 0 Å². The second kappa shape index (κ2) is 6.23. The van der Waals surface area contributed by atoms with E-state index < -0.39 is 0 Å². The summed E-state index contributed by atoms with van der Waals surface area (Å²) in [6, 6.07) is 3.76. The lowest BCUT2D eigenvalue weighted by Gasteiger charge is -2.20. The summed E-state index contributed by atoms with van der Waals surface area (Å²) in [5, 5.41) is 2.92. The molecule has 1 aromatic rings. The monoisotopic (exact) mass is 221 g/mol. The molecule has 4 nitrogen and oxygen atoms in total. The summed E-state index contributed by atoms with van der Waals surface area (Å²) in [6.07, 6.45) is 3.75. The average molecular weight is 221 g/mol. The molecule has 0 aromatic carbocycles. The Hall–Kier alpha value is -1.42. The van der Waals surface area contributed by atoms with Gasteiger partial charge in [-0.3, -0.25) is 9.78 Å². The minimum Gasteiger partial charge on any atom is -0.352 e. The third kappa shape index (κ3) is 3.98. The molecule has 3 N–H and O–H groups in total. The normalized spacial score (nSPS) is 12.5. The highest BCUT2D eigenvalue weighted by atomic mass is 16.1. The van der Waals surface area contributed by atoms with Gasteiger partial charge in [0, 0.05) is 25.0 Å². The van der Waals surface area contributed by atoms with Gasteiger partial charge in [0.15, 0.2) is 0 Å². The number of nitrogens with two attached hydrogens (primary N) is 1. The molecule has 0 spiro atoms. The van der Waals surface area contributed by atoms with Crippen molar-refractivity contribution in [2.45, 2.75) is 26.3 Å². The number of hydrogen-bond acceptors (Lipinski definition) is 3. The van der Waals surface area contributed by atoms with E-state index in [9.17, 15) is 4.79 Å². The van der Waals surface area contributed by atoms with Crippen molar-refractivity contribution in [1.82, 2.24) is 10.3 Å². The Balaban J connectivity index is 2.47. The van der Waals surface area contributed by atoms with Gasteiger partial charge in [0.2, 0.25) is 5.91 Å². The molecule has 1 atom stereocenters. The first-order chi connectivity index (χ1) is 7.63. The minimum absolute atomic E-state index is 0.00264. The van der Waals surface area contributed by atoms with E-state index in [0.29, 0.717) is 18.9 Å². The van der Waals surface area contributed by atoms with Crippen LogP contribution < -0.4 is 11.1 Å². The van der Waals surface area contributed by atoms with E-state index in [2.05, 4.69) is 10.3 Å². The first kappa shape index (κ1) is 12.6. The zero-order chi connectivity index (χ0) is 12.0. The molecule has 0 radical (unpaired) electrons. The molecule has 0 fully saturated rings. The lowest BCUT2D eigenvalue weighted by Crippen LogP contribution is -2.44. The number of hydrogen-bond donors (Lipinski definition) is 2. The van der Waals surface area contributed by atoms with Gasteiger partial charge in [-0.25, -0.2) is 0 Å². The molecule has 1 aromatic heterocycles. The van der Waals surface area contributed by atoms with Crippen LogP contribution in [0.2, 0.25) is 0 Å². The molecular formula is C12H19N3O. The van der Waals surface area contributed by atoms with Gasteiger partial charge in [-0.15, -0.1) is 0 Å². The number of pyridine rings is 1. The summed E-state index contributed by atoms with van der Waals surface area (Å²) in [5.74, 6) is 0.347. The fourth-order valence-corrected chi connectivity index (χ4v) is 1.44. The standard InChI is InChI=1S/C12H19N3O/c1-9(2)11(7-13)15-12(16)6-10-4-3-5-14-8-10/h3-5,8-9,11H,6-7,13H2,1-2H3,(H,15,16). The molecule has 1 unspecified atom stereocenters. The van der Waals surface area contributed by atoms with Crippen LogP contribution in [0.1, 0.15) is 19.4 Å². The minimum atomic E-state index is -0.00264. The predicted octanol–water partition coefficient (Wildman–Crippen LogP) is 0.724. The predicted molar refractivity (Wildman–Crippen MR) is 63.8 cm³/mol. The van der Waals surface area contributed by atoms with Crippen molar-refractivity contribution in [3.8, 4) is 0 Å². The summed E-state index contributed by atoms with van der Waals surface area (Å²) in [5.41, 5.74) is 6.50. The fourth-order valence-electron chi connectivity index (χ4n) is 1.44. The van der Waals surface area contributed by atoms with Gasteiger partial charge in [-0.05, 0) is 17.5 Å². The largest absolute Gasteiger partial charge is 0.352 e. The number of rotatable bonds is 5. The molecule has 1 amide bonds. The first-order valence-corrected chi connectivity index (χ1v) is 5.51. The van der Waals surface area contributed by atoms with E-state index in [4.69, 9.17) is 5.73 Å². The molecule has 0 saturated heterocycles. The van der Waals surface area contributed by atoms with Gasteiger partial charge in [0.1, 0.15) is 0 Å². The van der Waals surface area contributed by atoms with E-state index in [-0.39, 0.29) is 11.9 Å². The lowest BCUT2D eigenvalue weighted by atomic mass is 10.0. The van der Waals surface area contributed by atoms with E-state index in [1.807, 2.05) is 26.0 Å². The van der Waals surface area contributed by atoms with E-state index in [1.54, 1.807) is 12.4 Å². The smallest absolute Gasteiger partial charge is 0.224 e. The second-order valence-electron chi connectivity index (χ2n) is 4.19. The molecule has 0 bridgehead atoms. The van der Waals surface area contributed by atoms with Gasteiger partial charge in [-0.2, -0.15) is 0 Å². The number of nitrogens with zero attached hydrogens (tertiary/aromatic N) is 1. The zero-order valence-electron chi connectivity index (χ0n) is 9.81. The number of carbonyl (C=O) groups excluding carboxylic acids is 1. The molecule has 88 valence electrons. The van der Waals surface area contributed by atoms with Crippen molar-refractivity contribution >= 4 is 5.91 Å². The summed E-state index contributed by atoms with van der Waals surface area (Å²) in [4.78, 5) is 15.7. The van der Waals surface area contributed by atoms with Crippen LogP contribution in [0.4, 0.5) is 0 Å². The molecule has 0 saturated carbocycles. The highest BCUT2D eigenvalue weighted by Gasteiger charge is 2.14. The van der Waals surface area contributed by atoms with Gasteiger partial charge in [0.25, 0.3) is 0 Å². The third-order valence-corrected chi connectivity index (χ3v) is 2.49. The van der Waals surface area contributed by atoms with Crippen molar-refractivity contribution in [3.63, 3.8) is 0 Å². The van der Waals surface area contributed by atoms with E-state index in [0.717, 1.165) is 5.56 Å². The Morgan fingerprint density at radius 3 is 2.81 bits per heavy atom. The van der Waals surface area contributed by atoms with Crippen LogP contribution in [0.3, 0.4) is 0 Å². The summed E-state index contributed by atoms with van der Waals surface area (Å²) in [6.45, 7) is 4.56. The first-order valence-electron chi connectivity index (χ1n) is 5.51. The maximum absolute atomic E-state index is 11.7. The van der Waals surface area contributed by atoms with Crippen LogP contribution in [0, 0.1) is 5.92 Å². The summed E-state index contributed by atoms with van der Waals surface area (Å²) in [7, 11) is 0. The molecule has 16 heavy (non-hydrogen) atoms. The van der Waals surface area contributed by atoms with Crippen LogP contribution in [-0.2, 0) is 11.2 Å². The fraction of sp³-hybridized carbons (Fsp3) is 0.500. The Morgan fingerprint density at radius 2 is 2.31 bits per heavy atom. The summed E-state index contributed by atoms with van der Waals surface area (Å²) >= 11 is 0. The van der Waals surface area contributed by atoms with Crippen LogP contribution in [0.25, 0.3) is 0 Å². The number of amides is 1. The van der Waals surface area contributed by atoms with Gasteiger partial charge >= 0.3 is 0 Å². The third-order valence-electron chi connectivity index (χ3n) is 2.49. The molecule has 1 heterocycles. The Kier molecular flexibility index (Phi) is 4.92. The average Bonchev–Trinajstić information content (AvgIpc) is 2.27. The van der Waals surface area contributed by atoms with Crippen molar-refractivity contribution < 1.29 is 4.79 Å². The van der Waals surface area contributed by atoms with Crippen LogP contribution in [-0.4, -0.2) is 23.5 Å².